The second kappa shape index (κ2) is 6.17. The van der Waals surface area contributed by atoms with Gasteiger partial charge in [0, 0.05) is 4.88 Å². The standard InChI is InChI=1S/C15H14N4O3S/c1-9-10(2)23-14-13(9)15(21)19(8-16-14)7-12(20)18-17-6-11-4-3-5-22-11/h3-6,8H,7H2,1-2H3,(H,18,20)/b17-6-. The first-order valence-corrected chi connectivity index (χ1v) is 7.68. The molecule has 3 aromatic heterocycles. The highest BCUT2D eigenvalue weighted by molar-refractivity contribution is 7.18. The molecule has 0 aromatic carbocycles. The van der Waals surface area contributed by atoms with Crippen molar-refractivity contribution in [2.45, 2.75) is 20.4 Å². The van der Waals surface area contributed by atoms with Crippen molar-refractivity contribution in [3.8, 4) is 0 Å². The average Bonchev–Trinajstić information content (AvgIpc) is 3.12. The van der Waals surface area contributed by atoms with Gasteiger partial charge in [0.15, 0.2) is 0 Å². The number of hydrazone groups is 1. The van der Waals surface area contributed by atoms with E-state index >= 15 is 0 Å². The minimum Gasteiger partial charge on any atom is -0.463 e. The zero-order valence-corrected chi connectivity index (χ0v) is 13.4. The predicted octanol–water partition coefficient (Wildman–Crippen LogP) is 1.82. The van der Waals surface area contributed by atoms with Gasteiger partial charge >= 0.3 is 0 Å². The van der Waals surface area contributed by atoms with Gasteiger partial charge < -0.3 is 4.42 Å². The molecular formula is C15H14N4O3S. The number of hydrogen-bond acceptors (Lipinski definition) is 6. The van der Waals surface area contributed by atoms with Gasteiger partial charge in [0.25, 0.3) is 11.5 Å². The van der Waals surface area contributed by atoms with Gasteiger partial charge in [-0.1, -0.05) is 0 Å². The monoisotopic (exact) mass is 330 g/mol. The Balaban J connectivity index is 1.76. The Hall–Kier alpha value is -2.74. The first kappa shape index (κ1) is 15.2. The van der Waals surface area contributed by atoms with Gasteiger partial charge in [0.05, 0.1) is 24.2 Å². The van der Waals surface area contributed by atoms with Crippen LogP contribution in [0.25, 0.3) is 10.2 Å². The minimum atomic E-state index is -0.416. The van der Waals surface area contributed by atoms with Crippen LogP contribution in [-0.4, -0.2) is 21.7 Å². The zero-order valence-electron chi connectivity index (χ0n) is 12.6. The molecule has 0 atom stereocenters. The number of carbonyl (C=O) groups is 1. The van der Waals surface area contributed by atoms with E-state index in [0.717, 1.165) is 10.4 Å². The Morgan fingerprint density at radius 2 is 2.35 bits per heavy atom. The lowest BCUT2D eigenvalue weighted by Gasteiger charge is -2.04. The number of nitrogens with one attached hydrogen (secondary N) is 1. The number of nitrogens with zero attached hydrogens (tertiary/aromatic N) is 3. The molecule has 3 aromatic rings. The molecule has 0 aliphatic carbocycles. The average molecular weight is 330 g/mol. The Kier molecular flexibility index (Phi) is 4.07. The maximum atomic E-state index is 12.5. The number of furan rings is 1. The van der Waals surface area contributed by atoms with E-state index in [1.54, 1.807) is 12.1 Å². The third kappa shape index (κ3) is 3.07. The van der Waals surface area contributed by atoms with Crippen LogP contribution in [0, 0.1) is 13.8 Å². The number of amides is 1. The molecule has 7 nitrogen and oxygen atoms in total. The summed E-state index contributed by atoms with van der Waals surface area (Å²) in [5.41, 5.74) is 3.04. The SMILES string of the molecule is Cc1sc2ncn(CC(=O)N/N=C\c3ccco3)c(=O)c2c1C. The van der Waals surface area contributed by atoms with E-state index in [2.05, 4.69) is 15.5 Å². The molecule has 0 unspecified atom stereocenters. The lowest BCUT2D eigenvalue weighted by Crippen LogP contribution is -2.30. The number of hydrogen-bond donors (Lipinski definition) is 1. The van der Waals surface area contributed by atoms with Crippen LogP contribution in [0.4, 0.5) is 0 Å². The van der Waals surface area contributed by atoms with Gasteiger partial charge in [-0.3, -0.25) is 14.2 Å². The summed E-state index contributed by atoms with van der Waals surface area (Å²) in [6.45, 7) is 3.68. The van der Waals surface area contributed by atoms with E-state index in [1.807, 2.05) is 13.8 Å². The number of fused-ring (bicyclic) bond motifs is 1. The summed E-state index contributed by atoms with van der Waals surface area (Å²) >= 11 is 1.47. The fourth-order valence-corrected chi connectivity index (χ4v) is 3.09. The van der Waals surface area contributed by atoms with Gasteiger partial charge in [0.2, 0.25) is 0 Å². The van der Waals surface area contributed by atoms with Crippen molar-refractivity contribution in [3.05, 3.63) is 51.3 Å². The van der Waals surface area contributed by atoms with Crippen LogP contribution < -0.4 is 11.0 Å². The Morgan fingerprint density at radius 3 is 3.09 bits per heavy atom. The van der Waals surface area contributed by atoms with E-state index in [4.69, 9.17) is 4.42 Å². The smallest absolute Gasteiger partial charge is 0.262 e. The first-order valence-electron chi connectivity index (χ1n) is 6.87. The molecule has 0 bridgehead atoms. The third-order valence-electron chi connectivity index (χ3n) is 3.39. The fourth-order valence-electron chi connectivity index (χ4n) is 2.11. The summed E-state index contributed by atoms with van der Waals surface area (Å²) in [6.07, 6.45) is 4.28. The van der Waals surface area contributed by atoms with Crippen molar-refractivity contribution < 1.29 is 9.21 Å². The molecule has 118 valence electrons. The molecule has 3 rings (SSSR count). The van der Waals surface area contributed by atoms with Gasteiger partial charge in [-0.25, -0.2) is 10.4 Å². The molecule has 8 heteroatoms. The molecule has 0 saturated heterocycles. The predicted molar refractivity (Wildman–Crippen MR) is 87.8 cm³/mol. The highest BCUT2D eigenvalue weighted by Crippen LogP contribution is 2.25. The second-order valence-electron chi connectivity index (χ2n) is 4.95. The number of aryl methyl sites for hydroxylation is 2. The zero-order chi connectivity index (χ0) is 16.4. The van der Waals surface area contributed by atoms with Gasteiger partial charge in [-0.05, 0) is 31.5 Å². The van der Waals surface area contributed by atoms with Crippen LogP contribution in [0.1, 0.15) is 16.2 Å². The van der Waals surface area contributed by atoms with Crippen LogP contribution in [0.15, 0.2) is 39.0 Å². The summed E-state index contributed by atoms with van der Waals surface area (Å²) in [6, 6.07) is 3.43. The summed E-state index contributed by atoms with van der Waals surface area (Å²) in [7, 11) is 0. The number of thiophene rings is 1. The highest BCUT2D eigenvalue weighted by atomic mass is 32.1. The summed E-state index contributed by atoms with van der Waals surface area (Å²) in [4.78, 5) is 30.3. The van der Waals surface area contributed by atoms with Crippen molar-refractivity contribution >= 4 is 33.7 Å². The minimum absolute atomic E-state index is 0.147. The van der Waals surface area contributed by atoms with Crippen LogP contribution in [0.5, 0.6) is 0 Å². The van der Waals surface area contributed by atoms with Gasteiger partial charge in [-0.15, -0.1) is 11.3 Å². The van der Waals surface area contributed by atoms with E-state index in [9.17, 15) is 9.59 Å². The van der Waals surface area contributed by atoms with Crippen molar-refractivity contribution in [2.75, 3.05) is 0 Å². The molecule has 0 spiro atoms. The molecule has 1 amide bonds. The van der Waals surface area contributed by atoms with E-state index in [1.165, 1.54) is 34.7 Å². The summed E-state index contributed by atoms with van der Waals surface area (Å²) in [5, 5.41) is 4.34. The Morgan fingerprint density at radius 1 is 1.52 bits per heavy atom. The maximum Gasteiger partial charge on any atom is 0.262 e. The molecule has 0 aliphatic rings. The van der Waals surface area contributed by atoms with Crippen molar-refractivity contribution in [2.24, 2.45) is 5.10 Å². The van der Waals surface area contributed by atoms with Crippen molar-refractivity contribution in [1.82, 2.24) is 15.0 Å². The van der Waals surface area contributed by atoms with E-state index in [-0.39, 0.29) is 12.1 Å². The van der Waals surface area contributed by atoms with Crippen molar-refractivity contribution in [1.29, 1.82) is 0 Å². The van der Waals surface area contributed by atoms with Crippen LogP contribution >= 0.6 is 11.3 Å². The van der Waals surface area contributed by atoms with Crippen LogP contribution in [-0.2, 0) is 11.3 Å². The van der Waals surface area contributed by atoms with Gasteiger partial charge in [-0.2, -0.15) is 5.10 Å². The van der Waals surface area contributed by atoms with E-state index < -0.39 is 5.91 Å². The normalized spacial score (nSPS) is 11.4. The lowest BCUT2D eigenvalue weighted by atomic mass is 10.2. The second-order valence-corrected chi connectivity index (χ2v) is 6.15. The quantitative estimate of drug-likeness (QED) is 0.583. The Bertz CT molecular complexity index is 938. The molecule has 23 heavy (non-hydrogen) atoms. The fraction of sp³-hybridized carbons (Fsp3) is 0.200. The highest BCUT2D eigenvalue weighted by Gasteiger charge is 2.13. The molecule has 1 N–H and O–H groups in total. The van der Waals surface area contributed by atoms with Crippen molar-refractivity contribution in [3.63, 3.8) is 0 Å². The topological polar surface area (TPSA) is 89.5 Å². The van der Waals surface area contributed by atoms with Gasteiger partial charge in [0.1, 0.15) is 17.1 Å². The molecular weight excluding hydrogens is 316 g/mol. The van der Waals surface area contributed by atoms with Crippen LogP contribution in [0.3, 0.4) is 0 Å². The number of carbonyl (C=O) groups excluding carboxylic acids is 1. The molecule has 3 heterocycles. The summed E-state index contributed by atoms with van der Waals surface area (Å²) < 4.78 is 6.33. The first-order chi connectivity index (χ1) is 11.1. The molecule has 0 radical (unpaired) electrons. The third-order valence-corrected chi connectivity index (χ3v) is 4.51. The largest absolute Gasteiger partial charge is 0.463 e. The van der Waals surface area contributed by atoms with Crippen LogP contribution in [0.2, 0.25) is 0 Å². The molecule has 0 fully saturated rings. The lowest BCUT2D eigenvalue weighted by molar-refractivity contribution is -0.121. The van der Waals surface area contributed by atoms with E-state index in [0.29, 0.717) is 16.0 Å². The Labute approximate surface area is 135 Å². The number of rotatable bonds is 4. The molecule has 0 aliphatic heterocycles. The maximum absolute atomic E-state index is 12.5. The summed E-state index contributed by atoms with van der Waals surface area (Å²) in [5.74, 6) is 0.107. The molecule has 0 saturated carbocycles. The number of aromatic nitrogens is 2.